The van der Waals surface area contributed by atoms with Crippen LogP contribution in [0, 0.1) is 0 Å². The second-order valence-corrected chi connectivity index (χ2v) is 5.28. The van der Waals surface area contributed by atoms with Crippen LogP contribution in [0.5, 0.6) is 0 Å². The molecule has 1 aliphatic heterocycles. The normalized spacial score (nSPS) is 17.4. The van der Waals surface area contributed by atoms with E-state index < -0.39 is 12.0 Å². The summed E-state index contributed by atoms with van der Waals surface area (Å²) >= 11 is 1.39. The molecule has 0 aromatic heterocycles. The van der Waals surface area contributed by atoms with Gasteiger partial charge in [0.25, 0.3) is 0 Å². The summed E-state index contributed by atoms with van der Waals surface area (Å²) in [5.74, 6) is -0.291. The number of carbonyl (C=O) groups is 2. The Labute approximate surface area is 127 Å². The Bertz CT molecular complexity index is 530. The quantitative estimate of drug-likeness (QED) is 0.837. The van der Waals surface area contributed by atoms with E-state index in [9.17, 15) is 9.59 Å². The number of rotatable bonds is 5. The van der Waals surface area contributed by atoms with Crippen LogP contribution < -0.4 is 5.32 Å². The van der Waals surface area contributed by atoms with Gasteiger partial charge >= 0.3 is 11.9 Å². The number of esters is 2. The average Bonchev–Trinajstić information content (AvgIpc) is 2.54. The maximum Gasteiger partial charge on any atom is 0.355 e. The molecule has 112 valence electrons. The first kappa shape index (κ1) is 15.4. The summed E-state index contributed by atoms with van der Waals surface area (Å²) in [6.07, 6.45) is 0. The van der Waals surface area contributed by atoms with Crippen LogP contribution in [0.25, 0.3) is 0 Å². The molecular weight excluding hydrogens is 290 g/mol. The van der Waals surface area contributed by atoms with Crippen LogP contribution in [0.15, 0.2) is 41.4 Å². The van der Waals surface area contributed by atoms with Crippen molar-refractivity contribution in [3.63, 3.8) is 0 Å². The fraction of sp³-hybridized carbons (Fsp3) is 0.333. The summed E-state index contributed by atoms with van der Waals surface area (Å²) in [4.78, 5) is 23.6. The molecule has 0 radical (unpaired) electrons. The van der Waals surface area contributed by atoms with Gasteiger partial charge in [0.05, 0.1) is 6.61 Å². The lowest BCUT2D eigenvalue weighted by Crippen LogP contribution is -2.43. The van der Waals surface area contributed by atoms with Crippen LogP contribution in [0.4, 0.5) is 0 Å². The molecule has 0 bridgehead atoms. The zero-order chi connectivity index (χ0) is 15.1. The molecule has 2 rings (SSSR count). The zero-order valence-electron chi connectivity index (χ0n) is 11.7. The molecule has 1 aliphatic rings. The molecule has 6 heteroatoms. The molecule has 1 atom stereocenters. The summed E-state index contributed by atoms with van der Waals surface area (Å²) in [5, 5.41) is 4.53. The van der Waals surface area contributed by atoms with Crippen molar-refractivity contribution in [2.45, 2.75) is 19.6 Å². The molecule has 0 saturated heterocycles. The summed E-state index contributed by atoms with van der Waals surface area (Å²) in [5.41, 5.74) is 1.21. The molecule has 0 amide bonds. The zero-order valence-corrected chi connectivity index (χ0v) is 12.5. The average molecular weight is 307 g/mol. The Balaban J connectivity index is 1.87. The highest BCUT2D eigenvalue weighted by Gasteiger charge is 2.26. The fourth-order valence-corrected chi connectivity index (χ4v) is 2.61. The van der Waals surface area contributed by atoms with Gasteiger partial charge in [-0.2, -0.15) is 0 Å². The van der Waals surface area contributed by atoms with Crippen molar-refractivity contribution in [3.8, 4) is 0 Å². The highest BCUT2D eigenvalue weighted by atomic mass is 32.2. The molecule has 0 aliphatic carbocycles. The van der Waals surface area contributed by atoms with E-state index >= 15 is 0 Å². The molecule has 0 fully saturated rings. The fourth-order valence-electron chi connectivity index (χ4n) is 1.77. The van der Waals surface area contributed by atoms with Crippen molar-refractivity contribution in [1.82, 2.24) is 5.32 Å². The maximum atomic E-state index is 12.0. The van der Waals surface area contributed by atoms with Gasteiger partial charge in [0, 0.05) is 11.2 Å². The lowest BCUT2D eigenvalue weighted by Gasteiger charge is -2.22. The topological polar surface area (TPSA) is 64.6 Å². The van der Waals surface area contributed by atoms with Gasteiger partial charge in [-0.05, 0) is 12.5 Å². The number of carbonyl (C=O) groups excluding carboxylic acids is 2. The number of benzene rings is 1. The van der Waals surface area contributed by atoms with E-state index in [1.165, 1.54) is 11.8 Å². The van der Waals surface area contributed by atoms with Crippen molar-refractivity contribution in [2.24, 2.45) is 0 Å². The number of ether oxygens (including phenoxy) is 2. The van der Waals surface area contributed by atoms with E-state index in [4.69, 9.17) is 9.47 Å². The molecule has 21 heavy (non-hydrogen) atoms. The van der Waals surface area contributed by atoms with Gasteiger partial charge in [-0.1, -0.05) is 30.3 Å². The monoisotopic (exact) mass is 307 g/mol. The molecule has 1 N–H and O–H groups in total. The van der Waals surface area contributed by atoms with E-state index in [0.717, 1.165) is 5.56 Å². The Morgan fingerprint density at radius 2 is 2.05 bits per heavy atom. The molecule has 1 aromatic carbocycles. The molecular formula is C15H17NO4S. The third-order valence-corrected chi connectivity index (χ3v) is 3.73. The summed E-state index contributed by atoms with van der Waals surface area (Å²) in [6.45, 7) is 2.27. The van der Waals surface area contributed by atoms with Crippen LogP contribution >= 0.6 is 11.8 Å². The minimum atomic E-state index is -0.515. The first-order valence-electron chi connectivity index (χ1n) is 6.66. The lowest BCUT2D eigenvalue weighted by atomic mass is 10.2. The SMILES string of the molecule is CCOC(=O)[C@@H]1CSC=C(C(=O)OCc2ccccc2)N1. The number of hydrogen-bond acceptors (Lipinski definition) is 6. The van der Waals surface area contributed by atoms with Crippen LogP contribution in [0.2, 0.25) is 0 Å². The maximum absolute atomic E-state index is 12.0. The van der Waals surface area contributed by atoms with Gasteiger partial charge in [-0.15, -0.1) is 11.8 Å². The number of thioether (sulfide) groups is 1. The van der Waals surface area contributed by atoms with Gasteiger partial charge in [-0.25, -0.2) is 9.59 Å². The number of hydrogen-bond donors (Lipinski definition) is 1. The van der Waals surface area contributed by atoms with Gasteiger partial charge < -0.3 is 14.8 Å². The molecule has 0 unspecified atom stereocenters. The van der Waals surface area contributed by atoms with Crippen LogP contribution in [-0.4, -0.2) is 30.3 Å². The van der Waals surface area contributed by atoms with Crippen molar-refractivity contribution in [3.05, 3.63) is 47.0 Å². The Kier molecular flexibility index (Phi) is 5.68. The van der Waals surface area contributed by atoms with E-state index in [1.54, 1.807) is 12.3 Å². The lowest BCUT2D eigenvalue weighted by molar-refractivity contribution is -0.145. The molecule has 1 heterocycles. The summed E-state index contributed by atoms with van der Waals surface area (Å²) in [7, 11) is 0. The summed E-state index contributed by atoms with van der Waals surface area (Å²) < 4.78 is 10.2. The van der Waals surface area contributed by atoms with Crippen molar-refractivity contribution in [1.29, 1.82) is 0 Å². The Hall–Kier alpha value is -1.95. The second-order valence-electron chi connectivity index (χ2n) is 4.38. The molecule has 5 nitrogen and oxygen atoms in total. The highest BCUT2D eigenvalue weighted by molar-refractivity contribution is 8.02. The van der Waals surface area contributed by atoms with Crippen molar-refractivity contribution >= 4 is 23.7 Å². The standard InChI is InChI=1S/C15H17NO4S/c1-2-19-14(17)12-9-21-10-13(16-12)15(18)20-8-11-6-4-3-5-7-11/h3-7,10,12,16H,2,8-9H2,1H3/t12-/m0/s1. The first-order valence-corrected chi connectivity index (χ1v) is 7.71. The molecule has 1 aromatic rings. The van der Waals surface area contributed by atoms with Crippen LogP contribution in [0.1, 0.15) is 12.5 Å². The first-order chi connectivity index (χ1) is 10.2. The second kappa shape index (κ2) is 7.73. The predicted molar refractivity (Wildman–Crippen MR) is 80.3 cm³/mol. The highest BCUT2D eigenvalue weighted by Crippen LogP contribution is 2.17. The third-order valence-electron chi connectivity index (χ3n) is 2.80. The minimum absolute atomic E-state index is 0.202. The molecule has 0 saturated carbocycles. The van der Waals surface area contributed by atoms with E-state index in [0.29, 0.717) is 18.1 Å². The Morgan fingerprint density at radius 1 is 1.29 bits per heavy atom. The van der Waals surface area contributed by atoms with Crippen LogP contribution in [0.3, 0.4) is 0 Å². The van der Waals surface area contributed by atoms with Crippen molar-refractivity contribution < 1.29 is 19.1 Å². The van der Waals surface area contributed by atoms with Gasteiger partial charge in [-0.3, -0.25) is 0 Å². The third kappa shape index (κ3) is 4.53. The van der Waals surface area contributed by atoms with Gasteiger partial charge in [0.1, 0.15) is 18.3 Å². The smallest absolute Gasteiger partial charge is 0.355 e. The summed E-state index contributed by atoms with van der Waals surface area (Å²) in [6, 6.07) is 8.91. The largest absolute Gasteiger partial charge is 0.464 e. The predicted octanol–water partition coefficient (Wildman–Crippen LogP) is 1.84. The van der Waals surface area contributed by atoms with Crippen LogP contribution in [-0.2, 0) is 25.7 Å². The van der Waals surface area contributed by atoms with E-state index in [-0.39, 0.29) is 12.6 Å². The Morgan fingerprint density at radius 3 is 2.76 bits per heavy atom. The van der Waals surface area contributed by atoms with Crippen molar-refractivity contribution in [2.75, 3.05) is 12.4 Å². The van der Waals surface area contributed by atoms with E-state index in [1.807, 2.05) is 30.3 Å². The van der Waals surface area contributed by atoms with E-state index in [2.05, 4.69) is 5.32 Å². The molecule has 0 spiro atoms. The minimum Gasteiger partial charge on any atom is -0.464 e. The number of nitrogens with one attached hydrogen (secondary N) is 1. The van der Waals surface area contributed by atoms with Gasteiger partial charge in [0.15, 0.2) is 0 Å². The van der Waals surface area contributed by atoms with Gasteiger partial charge in [0.2, 0.25) is 0 Å².